The zero-order valence-electron chi connectivity index (χ0n) is 11.7. The van der Waals surface area contributed by atoms with Crippen LogP contribution in [0.25, 0.3) is 0 Å². The molecule has 0 aliphatic carbocycles. The fraction of sp³-hybridized carbons (Fsp3) is 0.286. The molecular weight excluding hydrogens is 258 g/mol. The minimum atomic E-state index is -0.411. The Morgan fingerprint density at radius 1 is 0.950 bits per heavy atom. The van der Waals surface area contributed by atoms with Crippen LogP contribution in [0.3, 0.4) is 0 Å². The van der Waals surface area contributed by atoms with Crippen LogP contribution in [0.5, 0.6) is 17.2 Å². The third-order valence-corrected chi connectivity index (χ3v) is 3.01. The summed E-state index contributed by atoms with van der Waals surface area (Å²) in [6.07, 6.45) is 4.81. The lowest BCUT2D eigenvalue weighted by Gasteiger charge is -2.19. The van der Waals surface area contributed by atoms with Crippen molar-refractivity contribution < 1.29 is 14.2 Å². The molecule has 0 aliphatic heterocycles. The number of rotatable bonds is 5. The van der Waals surface area contributed by atoms with Crippen molar-refractivity contribution >= 4 is 0 Å². The van der Waals surface area contributed by atoms with Gasteiger partial charge in [-0.15, -0.1) is 0 Å². The van der Waals surface area contributed by atoms with Gasteiger partial charge in [-0.2, -0.15) is 0 Å². The van der Waals surface area contributed by atoms with Gasteiger partial charge in [0.05, 0.1) is 27.4 Å². The second kappa shape index (κ2) is 6.21. The number of hydrogen-bond acceptors (Lipinski definition) is 6. The SMILES string of the molecule is COc1ccc(C(N)c2cncnc2)c(OC)c1OC. The van der Waals surface area contributed by atoms with Gasteiger partial charge in [-0.1, -0.05) is 0 Å². The predicted octanol–water partition coefficient (Wildman–Crippen LogP) is 1.55. The molecule has 0 radical (unpaired) electrons. The van der Waals surface area contributed by atoms with Gasteiger partial charge >= 0.3 is 0 Å². The van der Waals surface area contributed by atoms with Crippen molar-refractivity contribution in [3.05, 3.63) is 42.0 Å². The van der Waals surface area contributed by atoms with Crippen molar-refractivity contribution in [3.63, 3.8) is 0 Å². The number of nitrogens with two attached hydrogens (primary N) is 1. The average Bonchev–Trinajstić information content (AvgIpc) is 2.53. The molecule has 0 amide bonds. The second-order valence-electron chi connectivity index (χ2n) is 4.07. The molecule has 2 rings (SSSR count). The third-order valence-electron chi connectivity index (χ3n) is 3.01. The molecule has 2 N–H and O–H groups in total. The minimum absolute atomic E-state index is 0.411. The van der Waals surface area contributed by atoms with Crippen molar-refractivity contribution in [1.82, 2.24) is 9.97 Å². The van der Waals surface area contributed by atoms with Crippen LogP contribution in [-0.2, 0) is 0 Å². The van der Waals surface area contributed by atoms with Crippen LogP contribution in [0.2, 0.25) is 0 Å². The van der Waals surface area contributed by atoms with Gasteiger partial charge in [-0.3, -0.25) is 0 Å². The van der Waals surface area contributed by atoms with E-state index in [-0.39, 0.29) is 0 Å². The summed E-state index contributed by atoms with van der Waals surface area (Å²) < 4.78 is 16.0. The first kappa shape index (κ1) is 14.1. The molecule has 0 fully saturated rings. The fourth-order valence-electron chi connectivity index (χ4n) is 2.02. The van der Waals surface area contributed by atoms with Crippen LogP contribution in [0.4, 0.5) is 0 Å². The zero-order valence-corrected chi connectivity index (χ0v) is 11.7. The van der Waals surface area contributed by atoms with Crippen LogP contribution < -0.4 is 19.9 Å². The van der Waals surface area contributed by atoms with Crippen LogP contribution in [-0.4, -0.2) is 31.3 Å². The van der Waals surface area contributed by atoms with Gasteiger partial charge in [0.15, 0.2) is 11.5 Å². The van der Waals surface area contributed by atoms with Crippen molar-refractivity contribution in [2.45, 2.75) is 6.04 Å². The Morgan fingerprint density at radius 3 is 2.15 bits per heavy atom. The quantitative estimate of drug-likeness (QED) is 0.891. The van der Waals surface area contributed by atoms with E-state index in [1.807, 2.05) is 6.07 Å². The maximum atomic E-state index is 6.25. The number of ether oxygens (including phenoxy) is 3. The lowest BCUT2D eigenvalue weighted by molar-refractivity contribution is 0.321. The summed E-state index contributed by atoms with van der Waals surface area (Å²) in [5.74, 6) is 1.65. The van der Waals surface area contributed by atoms with Crippen molar-refractivity contribution in [2.75, 3.05) is 21.3 Å². The molecular formula is C14H17N3O3. The Balaban J connectivity index is 2.51. The van der Waals surface area contributed by atoms with Crippen molar-refractivity contribution in [1.29, 1.82) is 0 Å². The Labute approximate surface area is 117 Å². The average molecular weight is 275 g/mol. The summed E-state index contributed by atoms with van der Waals surface area (Å²) >= 11 is 0. The van der Waals surface area contributed by atoms with Gasteiger partial charge in [-0.25, -0.2) is 9.97 Å². The standard InChI is InChI=1S/C14H17N3O3/c1-18-11-5-4-10(13(19-2)14(11)20-3)12(15)9-6-16-8-17-7-9/h4-8,12H,15H2,1-3H3. The second-order valence-corrected chi connectivity index (χ2v) is 4.07. The van der Waals surface area contributed by atoms with E-state index in [1.54, 1.807) is 39.8 Å². The maximum Gasteiger partial charge on any atom is 0.203 e. The largest absolute Gasteiger partial charge is 0.493 e. The van der Waals surface area contributed by atoms with E-state index in [1.165, 1.54) is 6.33 Å². The molecule has 0 saturated heterocycles. The van der Waals surface area contributed by atoms with E-state index in [4.69, 9.17) is 19.9 Å². The van der Waals surface area contributed by atoms with Crippen molar-refractivity contribution in [2.24, 2.45) is 5.73 Å². The summed E-state index contributed by atoms with van der Waals surface area (Å²) in [5.41, 5.74) is 7.82. The van der Waals surface area contributed by atoms with Gasteiger partial charge in [0.2, 0.25) is 5.75 Å². The Hall–Kier alpha value is -2.34. The van der Waals surface area contributed by atoms with Crippen LogP contribution in [0, 0.1) is 0 Å². The molecule has 0 bridgehead atoms. The molecule has 20 heavy (non-hydrogen) atoms. The maximum absolute atomic E-state index is 6.25. The molecule has 0 spiro atoms. The lowest BCUT2D eigenvalue weighted by atomic mass is 10.0. The highest BCUT2D eigenvalue weighted by molar-refractivity contribution is 5.57. The first-order chi connectivity index (χ1) is 9.72. The molecule has 0 saturated carbocycles. The van der Waals surface area contributed by atoms with Gasteiger partial charge < -0.3 is 19.9 Å². The molecule has 1 unspecified atom stereocenters. The Morgan fingerprint density at radius 2 is 1.60 bits per heavy atom. The minimum Gasteiger partial charge on any atom is -0.493 e. The number of methoxy groups -OCH3 is 3. The molecule has 6 heteroatoms. The molecule has 2 aromatic rings. The first-order valence-corrected chi connectivity index (χ1v) is 6.02. The molecule has 1 aromatic heterocycles. The van der Waals surface area contributed by atoms with Gasteiger partial charge in [0.1, 0.15) is 6.33 Å². The van der Waals surface area contributed by atoms with E-state index in [0.717, 1.165) is 11.1 Å². The monoisotopic (exact) mass is 275 g/mol. The molecule has 106 valence electrons. The molecule has 6 nitrogen and oxygen atoms in total. The Bertz CT molecular complexity index is 575. The van der Waals surface area contributed by atoms with Gasteiger partial charge in [-0.05, 0) is 12.1 Å². The zero-order chi connectivity index (χ0) is 14.5. The normalized spacial score (nSPS) is 11.8. The summed E-state index contributed by atoms with van der Waals surface area (Å²) in [6, 6.07) is 3.23. The van der Waals surface area contributed by atoms with E-state index >= 15 is 0 Å². The van der Waals surface area contributed by atoms with Gasteiger partial charge in [0, 0.05) is 23.5 Å². The number of benzene rings is 1. The molecule has 0 aliphatic rings. The highest BCUT2D eigenvalue weighted by Gasteiger charge is 2.21. The van der Waals surface area contributed by atoms with Crippen LogP contribution >= 0.6 is 0 Å². The topological polar surface area (TPSA) is 79.5 Å². The molecule has 1 aromatic carbocycles. The predicted molar refractivity (Wildman–Crippen MR) is 74.2 cm³/mol. The summed E-state index contributed by atoms with van der Waals surface area (Å²) in [4.78, 5) is 7.95. The van der Waals surface area contributed by atoms with Crippen LogP contribution in [0.1, 0.15) is 17.2 Å². The summed E-state index contributed by atoms with van der Waals surface area (Å²) in [6.45, 7) is 0. The first-order valence-electron chi connectivity index (χ1n) is 6.02. The fourth-order valence-corrected chi connectivity index (χ4v) is 2.02. The summed E-state index contributed by atoms with van der Waals surface area (Å²) in [7, 11) is 4.69. The van der Waals surface area contributed by atoms with E-state index < -0.39 is 6.04 Å². The van der Waals surface area contributed by atoms with Crippen molar-refractivity contribution in [3.8, 4) is 17.2 Å². The highest BCUT2D eigenvalue weighted by atomic mass is 16.5. The smallest absolute Gasteiger partial charge is 0.203 e. The summed E-state index contributed by atoms with van der Waals surface area (Å²) in [5, 5.41) is 0. The van der Waals surface area contributed by atoms with E-state index in [0.29, 0.717) is 17.2 Å². The van der Waals surface area contributed by atoms with Crippen LogP contribution in [0.15, 0.2) is 30.9 Å². The Kier molecular flexibility index (Phi) is 4.37. The van der Waals surface area contributed by atoms with E-state index in [9.17, 15) is 0 Å². The number of nitrogens with zero attached hydrogens (tertiary/aromatic N) is 2. The number of hydrogen-bond donors (Lipinski definition) is 1. The molecule has 1 atom stereocenters. The lowest BCUT2D eigenvalue weighted by Crippen LogP contribution is -2.14. The van der Waals surface area contributed by atoms with E-state index in [2.05, 4.69) is 9.97 Å². The highest BCUT2D eigenvalue weighted by Crippen LogP contribution is 2.42. The molecule has 1 heterocycles. The van der Waals surface area contributed by atoms with Gasteiger partial charge in [0.25, 0.3) is 0 Å². The third kappa shape index (κ3) is 2.50. The number of aromatic nitrogens is 2.